The fourth-order valence-corrected chi connectivity index (χ4v) is 6.60. The first-order valence-corrected chi connectivity index (χ1v) is 15.8. The molecule has 9 nitrogen and oxygen atoms in total. The van der Waals surface area contributed by atoms with Gasteiger partial charge in [-0.2, -0.15) is 0 Å². The number of benzene rings is 2. The molecule has 1 aromatic heterocycles. The molecular weight excluding hydrogens is 561 g/mol. The molecule has 1 saturated heterocycles. The van der Waals surface area contributed by atoms with Crippen LogP contribution < -0.4 is 10.6 Å². The molecule has 10 heteroatoms. The molecule has 0 bridgehead atoms. The maximum Gasteiger partial charge on any atom is 0.257 e. The maximum absolute atomic E-state index is 13.5. The number of rotatable bonds is 9. The van der Waals surface area contributed by atoms with E-state index in [0.717, 1.165) is 61.9 Å². The summed E-state index contributed by atoms with van der Waals surface area (Å²) in [5, 5.41) is 26.0. The van der Waals surface area contributed by atoms with E-state index in [1.807, 2.05) is 19.9 Å². The molecule has 0 radical (unpaired) electrons. The van der Waals surface area contributed by atoms with Gasteiger partial charge < -0.3 is 20.1 Å². The molecule has 44 heavy (non-hydrogen) atoms. The van der Waals surface area contributed by atoms with Crippen molar-refractivity contribution in [2.24, 2.45) is 11.8 Å². The smallest absolute Gasteiger partial charge is 0.257 e. The summed E-state index contributed by atoms with van der Waals surface area (Å²) in [7, 11) is 0. The summed E-state index contributed by atoms with van der Waals surface area (Å²) < 4.78 is 15.6. The molecule has 0 atom stereocenters. The number of halogens is 1. The molecule has 2 aromatic carbocycles. The number of likely N-dealkylation sites (tertiary alicyclic amines) is 1. The number of nitrogens with zero attached hydrogens (tertiary/aromatic N) is 3. The molecular formula is C34H46FN5O4. The number of carbonyl (C=O) groups is 2. The van der Waals surface area contributed by atoms with Crippen molar-refractivity contribution in [3.05, 3.63) is 59.4 Å². The van der Waals surface area contributed by atoms with Crippen molar-refractivity contribution < 1.29 is 24.2 Å². The van der Waals surface area contributed by atoms with Crippen molar-refractivity contribution in [1.82, 2.24) is 19.8 Å². The zero-order valence-electron chi connectivity index (χ0n) is 26.3. The lowest BCUT2D eigenvalue weighted by Gasteiger charge is -2.37. The number of nitrogens with one attached hydrogen (secondary N) is 2. The van der Waals surface area contributed by atoms with E-state index in [1.165, 1.54) is 24.3 Å². The van der Waals surface area contributed by atoms with E-state index in [1.54, 1.807) is 13.8 Å². The minimum absolute atomic E-state index is 0.0243. The minimum atomic E-state index is -0.674. The second-order valence-corrected chi connectivity index (χ2v) is 13.8. The SMILES string of the molecule is CC(C)(CO)NC(=O)C1CCC(n2c(NC(=O)c3ccc(F)cc3)nc3ccc(CN4CCC(C(C)(C)O)CC4)cc32)CC1. The highest BCUT2D eigenvalue weighted by molar-refractivity contribution is 6.04. The van der Waals surface area contributed by atoms with Crippen LogP contribution in [0.5, 0.6) is 0 Å². The first-order valence-electron chi connectivity index (χ1n) is 15.8. The molecule has 238 valence electrons. The molecule has 0 unspecified atom stereocenters. The van der Waals surface area contributed by atoms with Crippen LogP contribution in [-0.2, 0) is 11.3 Å². The quantitative estimate of drug-likeness (QED) is 0.271. The maximum atomic E-state index is 13.5. The standard InChI is InChI=1S/C34H46FN5O4/c1-33(2,21-41)38-31(43)24-8-12-27(13-9-24)40-29-19-22(20-39-17-15-25(16-18-39)34(3,4)44)5-14-28(29)36-32(40)37-30(42)23-6-10-26(35)11-7-23/h5-7,10-11,14,19,24-25,27,41,44H,8-9,12-13,15-18,20-21H2,1-4H3,(H,38,43)(H,36,37,42). The van der Waals surface area contributed by atoms with Gasteiger partial charge in [-0.25, -0.2) is 9.37 Å². The summed E-state index contributed by atoms with van der Waals surface area (Å²) in [5.74, 6) is -0.233. The van der Waals surface area contributed by atoms with Gasteiger partial charge in [0, 0.05) is 24.1 Å². The van der Waals surface area contributed by atoms with Crippen molar-refractivity contribution in [3.63, 3.8) is 0 Å². The number of hydrogen-bond acceptors (Lipinski definition) is 6. The van der Waals surface area contributed by atoms with Crippen LogP contribution in [-0.4, -0.2) is 67.3 Å². The normalized spacial score (nSPS) is 20.5. The van der Waals surface area contributed by atoms with Crippen LogP contribution >= 0.6 is 0 Å². The van der Waals surface area contributed by atoms with Gasteiger partial charge in [-0.05, 0) is 127 Å². The summed E-state index contributed by atoms with van der Waals surface area (Å²) in [6.07, 6.45) is 4.73. The Balaban J connectivity index is 1.38. The van der Waals surface area contributed by atoms with E-state index >= 15 is 0 Å². The summed E-state index contributed by atoms with van der Waals surface area (Å²) in [5.41, 5.74) is 1.85. The van der Waals surface area contributed by atoms with Gasteiger partial charge in [0.05, 0.1) is 28.8 Å². The van der Waals surface area contributed by atoms with Crippen LogP contribution in [0.25, 0.3) is 11.0 Å². The lowest BCUT2D eigenvalue weighted by atomic mass is 9.83. The Kier molecular flexibility index (Phi) is 9.44. The molecule has 2 heterocycles. The number of aliphatic hydroxyl groups excluding tert-OH is 1. The van der Waals surface area contributed by atoms with Crippen molar-refractivity contribution in [3.8, 4) is 0 Å². The first-order chi connectivity index (χ1) is 20.8. The Morgan fingerprint density at radius 3 is 2.25 bits per heavy atom. The van der Waals surface area contributed by atoms with E-state index in [4.69, 9.17) is 4.98 Å². The molecule has 2 aliphatic rings. The van der Waals surface area contributed by atoms with E-state index in [9.17, 15) is 24.2 Å². The Bertz CT molecular complexity index is 1460. The molecule has 1 aliphatic carbocycles. The molecule has 2 fully saturated rings. The summed E-state index contributed by atoms with van der Waals surface area (Å²) in [4.78, 5) is 33.4. The second kappa shape index (κ2) is 12.9. The number of amides is 2. The fourth-order valence-electron chi connectivity index (χ4n) is 6.60. The fraction of sp³-hybridized carbons (Fsp3) is 0.559. The Morgan fingerprint density at radius 1 is 0.977 bits per heavy atom. The molecule has 4 N–H and O–H groups in total. The van der Waals surface area contributed by atoms with Crippen LogP contribution in [0.2, 0.25) is 0 Å². The second-order valence-electron chi connectivity index (χ2n) is 13.8. The van der Waals surface area contributed by atoms with Crippen molar-refractivity contribution in [2.75, 3.05) is 25.0 Å². The third kappa shape index (κ3) is 7.47. The zero-order valence-corrected chi connectivity index (χ0v) is 26.3. The monoisotopic (exact) mass is 607 g/mol. The van der Waals surface area contributed by atoms with Gasteiger partial charge in [0.2, 0.25) is 11.9 Å². The van der Waals surface area contributed by atoms with Gasteiger partial charge in [-0.1, -0.05) is 6.07 Å². The van der Waals surface area contributed by atoms with Crippen LogP contribution in [0.4, 0.5) is 10.3 Å². The molecule has 0 spiro atoms. The van der Waals surface area contributed by atoms with Crippen LogP contribution in [0.1, 0.15) is 88.2 Å². The van der Waals surface area contributed by atoms with E-state index in [0.29, 0.717) is 30.3 Å². The number of aliphatic hydroxyl groups is 2. The number of imidazole rings is 1. The largest absolute Gasteiger partial charge is 0.394 e. The lowest BCUT2D eigenvalue weighted by Crippen LogP contribution is -2.49. The number of aromatic nitrogens is 2. The third-order valence-corrected chi connectivity index (χ3v) is 9.37. The summed E-state index contributed by atoms with van der Waals surface area (Å²) >= 11 is 0. The predicted molar refractivity (Wildman–Crippen MR) is 169 cm³/mol. The number of anilines is 1. The predicted octanol–water partition coefficient (Wildman–Crippen LogP) is 5.03. The summed E-state index contributed by atoms with van der Waals surface area (Å²) in [6, 6.07) is 11.7. The highest BCUT2D eigenvalue weighted by atomic mass is 19.1. The Labute approximate surface area is 258 Å². The van der Waals surface area contributed by atoms with Gasteiger partial charge in [-0.3, -0.25) is 19.8 Å². The van der Waals surface area contributed by atoms with Gasteiger partial charge in [0.1, 0.15) is 5.82 Å². The molecule has 2 amide bonds. The Hall–Kier alpha value is -3.34. The minimum Gasteiger partial charge on any atom is -0.394 e. The molecule has 1 aliphatic heterocycles. The van der Waals surface area contributed by atoms with Crippen molar-refractivity contribution >= 4 is 28.8 Å². The van der Waals surface area contributed by atoms with Crippen LogP contribution in [0.15, 0.2) is 42.5 Å². The van der Waals surface area contributed by atoms with E-state index < -0.39 is 17.0 Å². The van der Waals surface area contributed by atoms with Gasteiger partial charge in [0.25, 0.3) is 5.91 Å². The first kappa shape index (κ1) is 32.1. The van der Waals surface area contributed by atoms with Gasteiger partial charge in [0.15, 0.2) is 0 Å². The van der Waals surface area contributed by atoms with E-state index in [2.05, 4.69) is 32.2 Å². The third-order valence-electron chi connectivity index (χ3n) is 9.37. The van der Waals surface area contributed by atoms with Gasteiger partial charge >= 0.3 is 0 Å². The number of fused-ring (bicyclic) bond motifs is 1. The average Bonchev–Trinajstić information content (AvgIpc) is 3.34. The molecule has 5 rings (SSSR count). The number of carbonyl (C=O) groups excluding carboxylic acids is 2. The van der Waals surface area contributed by atoms with Crippen LogP contribution in [0, 0.1) is 17.7 Å². The highest BCUT2D eigenvalue weighted by Crippen LogP contribution is 2.38. The number of hydrogen-bond donors (Lipinski definition) is 4. The Morgan fingerprint density at radius 2 is 1.64 bits per heavy atom. The van der Waals surface area contributed by atoms with Gasteiger partial charge in [-0.15, -0.1) is 0 Å². The molecule has 3 aromatic rings. The summed E-state index contributed by atoms with van der Waals surface area (Å²) in [6.45, 7) is 9.88. The zero-order chi connectivity index (χ0) is 31.6. The van der Waals surface area contributed by atoms with E-state index in [-0.39, 0.29) is 30.4 Å². The van der Waals surface area contributed by atoms with Crippen LogP contribution in [0.3, 0.4) is 0 Å². The highest BCUT2D eigenvalue weighted by Gasteiger charge is 2.33. The number of piperidine rings is 1. The average molecular weight is 608 g/mol. The lowest BCUT2D eigenvalue weighted by molar-refractivity contribution is -0.128. The van der Waals surface area contributed by atoms with Crippen molar-refractivity contribution in [1.29, 1.82) is 0 Å². The van der Waals surface area contributed by atoms with Crippen molar-refractivity contribution in [2.45, 2.75) is 89.9 Å². The topological polar surface area (TPSA) is 120 Å². The molecule has 1 saturated carbocycles.